The summed E-state index contributed by atoms with van der Waals surface area (Å²) >= 11 is 0. The maximum atomic E-state index is 8.88. The van der Waals surface area contributed by atoms with E-state index in [0.717, 1.165) is 18.7 Å². The Morgan fingerprint density at radius 3 is 2.94 bits per heavy atom. The average Bonchev–Trinajstić information content (AvgIpc) is 2.74. The number of methoxy groups -OCH3 is 1. The van der Waals surface area contributed by atoms with Crippen LogP contribution in [0.3, 0.4) is 0 Å². The summed E-state index contributed by atoms with van der Waals surface area (Å²) in [6.07, 6.45) is 2.32. The number of likely N-dealkylation sites (tertiary alicyclic amines) is 1. The highest BCUT2D eigenvalue weighted by molar-refractivity contribution is 5.39. The molecule has 1 aliphatic heterocycles. The Bertz CT molecular complexity index is 425. The van der Waals surface area contributed by atoms with Crippen LogP contribution in [0.1, 0.15) is 30.1 Å². The molecule has 84 valence electrons. The first-order chi connectivity index (χ1) is 7.76. The van der Waals surface area contributed by atoms with Gasteiger partial charge in [-0.25, -0.2) is 4.98 Å². The van der Waals surface area contributed by atoms with E-state index in [1.165, 1.54) is 6.42 Å². The molecule has 0 radical (unpaired) electrons. The Kier molecular flexibility index (Phi) is 3.07. The molecular formula is C12H15N3O. The van der Waals surface area contributed by atoms with E-state index in [-0.39, 0.29) is 0 Å². The van der Waals surface area contributed by atoms with Crippen LogP contribution in [0.2, 0.25) is 0 Å². The first-order valence-electron chi connectivity index (χ1n) is 5.41. The van der Waals surface area contributed by atoms with Crippen molar-refractivity contribution in [2.24, 2.45) is 0 Å². The van der Waals surface area contributed by atoms with Gasteiger partial charge in [0.05, 0.1) is 18.8 Å². The molecule has 0 N–H and O–H groups in total. The quantitative estimate of drug-likeness (QED) is 0.757. The maximum Gasteiger partial charge on any atom is 0.231 e. The summed E-state index contributed by atoms with van der Waals surface area (Å²) < 4.78 is 5.12. The standard InChI is InChI=1S/C12H15N3O/c1-15-7-3-4-11(15)10-6-5-9(8-13)12(14-10)16-2/h5-6,11H,3-4,7H2,1-2H3. The van der Waals surface area contributed by atoms with Crippen LogP contribution in [0.4, 0.5) is 0 Å². The molecule has 1 saturated heterocycles. The third kappa shape index (κ3) is 1.86. The predicted octanol–water partition coefficient (Wildman–Crippen LogP) is 1.73. The Labute approximate surface area is 95.5 Å². The van der Waals surface area contributed by atoms with Gasteiger partial charge < -0.3 is 4.74 Å². The second-order valence-corrected chi connectivity index (χ2v) is 4.04. The van der Waals surface area contributed by atoms with Gasteiger partial charge in [-0.05, 0) is 38.6 Å². The number of ether oxygens (including phenoxy) is 1. The molecule has 0 spiro atoms. The van der Waals surface area contributed by atoms with E-state index in [9.17, 15) is 0 Å². The molecule has 0 saturated carbocycles. The lowest BCUT2D eigenvalue weighted by Gasteiger charge is -2.19. The minimum absolute atomic E-state index is 0.363. The topological polar surface area (TPSA) is 49.1 Å². The molecule has 0 amide bonds. The summed E-state index contributed by atoms with van der Waals surface area (Å²) in [6, 6.07) is 6.15. The van der Waals surface area contributed by atoms with Crippen molar-refractivity contribution in [2.75, 3.05) is 20.7 Å². The highest BCUT2D eigenvalue weighted by Crippen LogP contribution is 2.30. The van der Waals surface area contributed by atoms with Gasteiger partial charge in [0.15, 0.2) is 0 Å². The number of pyridine rings is 1. The van der Waals surface area contributed by atoms with Crippen molar-refractivity contribution in [1.29, 1.82) is 5.26 Å². The SMILES string of the molecule is COc1nc(C2CCCN2C)ccc1C#N. The fourth-order valence-electron chi connectivity index (χ4n) is 2.16. The smallest absolute Gasteiger partial charge is 0.231 e. The van der Waals surface area contributed by atoms with Gasteiger partial charge in [-0.2, -0.15) is 5.26 Å². The molecule has 1 unspecified atom stereocenters. The van der Waals surface area contributed by atoms with Crippen LogP contribution in [0, 0.1) is 11.3 Å². The van der Waals surface area contributed by atoms with Crippen LogP contribution in [-0.4, -0.2) is 30.6 Å². The zero-order valence-corrected chi connectivity index (χ0v) is 9.60. The fourth-order valence-corrected chi connectivity index (χ4v) is 2.16. The number of hydrogen-bond acceptors (Lipinski definition) is 4. The molecule has 1 atom stereocenters. The van der Waals surface area contributed by atoms with Crippen molar-refractivity contribution in [3.63, 3.8) is 0 Å². The van der Waals surface area contributed by atoms with Gasteiger partial charge in [0.1, 0.15) is 11.6 Å². The first-order valence-corrected chi connectivity index (χ1v) is 5.41. The number of hydrogen-bond donors (Lipinski definition) is 0. The zero-order chi connectivity index (χ0) is 11.5. The Hall–Kier alpha value is -1.60. The van der Waals surface area contributed by atoms with Crippen molar-refractivity contribution in [3.8, 4) is 11.9 Å². The second-order valence-electron chi connectivity index (χ2n) is 4.04. The van der Waals surface area contributed by atoms with Gasteiger partial charge in [-0.15, -0.1) is 0 Å². The van der Waals surface area contributed by atoms with E-state index in [4.69, 9.17) is 10.00 Å². The van der Waals surface area contributed by atoms with Crippen LogP contribution < -0.4 is 4.74 Å². The highest BCUT2D eigenvalue weighted by Gasteiger charge is 2.24. The normalized spacial score (nSPS) is 20.7. The minimum Gasteiger partial charge on any atom is -0.480 e. The number of rotatable bonds is 2. The van der Waals surface area contributed by atoms with Gasteiger partial charge in [-0.3, -0.25) is 4.90 Å². The van der Waals surface area contributed by atoms with E-state index in [1.54, 1.807) is 13.2 Å². The molecule has 1 aromatic rings. The van der Waals surface area contributed by atoms with Crippen LogP contribution in [0.15, 0.2) is 12.1 Å². The Morgan fingerprint density at radius 2 is 2.38 bits per heavy atom. The van der Waals surface area contributed by atoms with Crippen molar-refractivity contribution in [2.45, 2.75) is 18.9 Å². The summed E-state index contributed by atoms with van der Waals surface area (Å²) in [7, 11) is 3.65. The molecular weight excluding hydrogens is 202 g/mol. The van der Waals surface area contributed by atoms with Crippen molar-refractivity contribution in [1.82, 2.24) is 9.88 Å². The maximum absolute atomic E-state index is 8.88. The lowest BCUT2D eigenvalue weighted by Crippen LogP contribution is -2.18. The zero-order valence-electron chi connectivity index (χ0n) is 9.60. The largest absolute Gasteiger partial charge is 0.480 e. The van der Waals surface area contributed by atoms with Crippen molar-refractivity contribution in [3.05, 3.63) is 23.4 Å². The van der Waals surface area contributed by atoms with Crippen molar-refractivity contribution >= 4 is 0 Å². The summed E-state index contributed by atoms with van der Waals surface area (Å²) in [4.78, 5) is 6.69. The molecule has 0 aromatic carbocycles. The molecule has 16 heavy (non-hydrogen) atoms. The Morgan fingerprint density at radius 1 is 1.56 bits per heavy atom. The molecule has 2 heterocycles. The Balaban J connectivity index is 2.33. The summed E-state index contributed by atoms with van der Waals surface area (Å²) in [5.74, 6) is 0.431. The number of aromatic nitrogens is 1. The number of nitrogens with zero attached hydrogens (tertiary/aromatic N) is 3. The van der Waals surface area contributed by atoms with Crippen LogP contribution >= 0.6 is 0 Å². The van der Waals surface area contributed by atoms with E-state index in [2.05, 4.69) is 23.0 Å². The lowest BCUT2D eigenvalue weighted by atomic mass is 10.1. The second kappa shape index (κ2) is 4.50. The third-order valence-electron chi connectivity index (χ3n) is 3.06. The average molecular weight is 217 g/mol. The highest BCUT2D eigenvalue weighted by atomic mass is 16.5. The molecule has 4 nitrogen and oxygen atoms in total. The molecule has 0 aliphatic carbocycles. The van der Waals surface area contributed by atoms with Crippen molar-refractivity contribution < 1.29 is 4.74 Å². The van der Waals surface area contributed by atoms with E-state index in [0.29, 0.717) is 17.5 Å². The van der Waals surface area contributed by atoms with Gasteiger partial charge in [0, 0.05) is 0 Å². The fraction of sp³-hybridized carbons (Fsp3) is 0.500. The minimum atomic E-state index is 0.363. The monoisotopic (exact) mass is 217 g/mol. The molecule has 1 aliphatic rings. The van der Waals surface area contributed by atoms with Crippen LogP contribution in [0.25, 0.3) is 0 Å². The molecule has 2 rings (SSSR count). The summed E-state index contributed by atoms with van der Waals surface area (Å²) in [5.41, 5.74) is 1.49. The van der Waals surface area contributed by atoms with Gasteiger partial charge in [-0.1, -0.05) is 0 Å². The van der Waals surface area contributed by atoms with E-state index < -0.39 is 0 Å². The molecule has 1 aromatic heterocycles. The first kappa shape index (κ1) is 10.9. The molecule has 0 bridgehead atoms. The lowest BCUT2D eigenvalue weighted by molar-refractivity contribution is 0.307. The van der Waals surface area contributed by atoms with E-state index >= 15 is 0 Å². The van der Waals surface area contributed by atoms with Crippen LogP contribution in [0.5, 0.6) is 5.88 Å². The molecule has 1 fully saturated rings. The van der Waals surface area contributed by atoms with Gasteiger partial charge in [0.25, 0.3) is 0 Å². The van der Waals surface area contributed by atoms with Crippen LogP contribution in [-0.2, 0) is 0 Å². The molecule has 4 heteroatoms. The van der Waals surface area contributed by atoms with E-state index in [1.807, 2.05) is 6.07 Å². The van der Waals surface area contributed by atoms with Gasteiger partial charge in [0.2, 0.25) is 5.88 Å². The number of nitriles is 1. The summed E-state index contributed by atoms with van der Waals surface area (Å²) in [6.45, 7) is 1.11. The van der Waals surface area contributed by atoms with Gasteiger partial charge >= 0.3 is 0 Å². The predicted molar refractivity (Wildman–Crippen MR) is 60.1 cm³/mol. The summed E-state index contributed by atoms with van der Waals surface area (Å²) in [5, 5.41) is 8.88. The third-order valence-corrected chi connectivity index (χ3v) is 3.06.